The monoisotopic (exact) mass is 192 g/mol. The number of aromatic amines is 1. The Balaban J connectivity index is 2.68. The number of H-pyrrole nitrogens is 1. The standard InChI is InChI=1S/C5H8N2O4S/c1-5(11-12(8,9)10)7-3-2-6-4-7/h2-5H,1H3,(H,8,9,10). The van der Waals surface area contributed by atoms with E-state index >= 15 is 0 Å². The first-order chi connectivity index (χ1) is 5.49. The van der Waals surface area contributed by atoms with E-state index in [1.165, 1.54) is 17.8 Å². The molecule has 12 heavy (non-hydrogen) atoms. The minimum Gasteiger partial charge on any atom is -0.725 e. The third-order valence-corrected chi connectivity index (χ3v) is 1.76. The maximum absolute atomic E-state index is 10.1. The molecule has 0 bridgehead atoms. The van der Waals surface area contributed by atoms with E-state index in [1.54, 1.807) is 12.4 Å². The maximum Gasteiger partial charge on any atom is 0.243 e. The second-order valence-corrected chi connectivity index (χ2v) is 3.17. The Bertz CT molecular complexity index is 330. The highest BCUT2D eigenvalue weighted by atomic mass is 32.3. The Morgan fingerprint density at radius 1 is 1.67 bits per heavy atom. The summed E-state index contributed by atoms with van der Waals surface area (Å²) in [5.74, 6) is 0. The highest BCUT2D eigenvalue weighted by molar-refractivity contribution is 7.80. The van der Waals surface area contributed by atoms with E-state index in [9.17, 15) is 13.0 Å². The average Bonchev–Trinajstić information content (AvgIpc) is 2.32. The Hall–Kier alpha value is -0.920. The topological polar surface area (TPSA) is 86.1 Å². The molecule has 1 rings (SSSR count). The third-order valence-electron chi connectivity index (χ3n) is 1.24. The van der Waals surface area contributed by atoms with Gasteiger partial charge >= 0.3 is 0 Å². The summed E-state index contributed by atoms with van der Waals surface area (Å²) >= 11 is 0. The Morgan fingerprint density at radius 3 is 2.75 bits per heavy atom. The molecule has 0 aromatic carbocycles. The summed E-state index contributed by atoms with van der Waals surface area (Å²) in [4.78, 5) is 2.68. The Labute approximate surface area is 69.8 Å². The van der Waals surface area contributed by atoms with Gasteiger partial charge in [0.2, 0.25) is 23.0 Å². The minimum atomic E-state index is -4.63. The van der Waals surface area contributed by atoms with Gasteiger partial charge in [0, 0.05) is 6.92 Å². The van der Waals surface area contributed by atoms with Crippen LogP contribution in [0.3, 0.4) is 0 Å². The van der Waals surface area contributed by atoms with Gasteiger partial charge in [-0.05, 0) is 0 Å². The quantitative estimate of drug-likeness (QED) is 0.389. The molecule has 7 heteroatoms. The molecule has 1 atom stereocenters. The summed E-state index contributed by atoms with van der Waals surface area (Å²) in [6.07, 6.45) is 3.79. The lowest BCUT2D eigenvalue weighted by Gasteiger charge is -2.11. The van der Waals surface area contributed by atoms with E-state index in [1.807, 2.05) is 0 Å². The van der Waals surface area contributed by atoms with E-state index in [4.69, 9.17) is 0 Å². The van der Waals surface area contributed by atoms with Gasteiger partial charge in [-0.15, -0.1) is 0 Å². The lowest BCUT2D eigenvalue weighted by Crippen LogP contribution is -2.37. The van der Waals surface area contributed by atoms with Crippen LogP contribution in [0.25, 0.3) is 0 Å². The molecule has 1 aromatic rings. The van der Waals surface area contributed by atoms with Crippen molar-refractivity contribution in [3.8, 4) is 0 Å². The summed E-state index contributed by atoms with van der Waals surface area (Å²) in [6.45, 7) is 1.45. The zero-order valence-corrected chi connectivity index (χ0v) is 7.11. The number of hydrogen-bond acceptors (Lipinski definition) is 4. The Kier molecular flexibility index (Phi) is 2.46. The van der Waals surface area contributed by atoms with E-state index in [0.29, 0.717) is 0 Å². The Morgan fingerprint density at radius 2 is 2.33 bits per heavy atom. The summed E-state index contributed by atoms with van der Waals surface area (Å²) in [5, 5.41) is 0. The van der Waals surface area contributed by atoms with Crippen LogP contribution in [0.15, 0.2) is 18.7 Å². The zero-order valence-electron chi connectivity index (χ0n) is 6.30. The molecule has 0 aliphatic carbocycles. The van der Waals surface area contributed by atoms with Crippen LogP contribution in [0.4, 0.5) is 0 Å². The zero-order chi connectivity index (χ0) is 9.19. The van der Waals surface area contributed by atoms with Gasteiger partial charge in [-0.1, -0.05) is 0 Å². The summed E-state index contributed by atoms with van der Waals surface area (Å²) in [6, 6.07) is 0. The molecular weight excluding hydrogens is 184 g/mol. The molecule has 1 aromatic heterocycles. The van der Waals surface area contributed by atoms with Gasteiger partial charge in [0.15, 0.2) is 0 Å². The lowest BCUT2D eigenvalue weighted by atomic mass is 10.6. The van der Waals surface area contributed by atoms with Gasteiger partial charge in [-0.2, -0.15) is 0 Å². The smallest absolute Gasteiger partial charge is 0.243 e. The van der Waals surface area contributed by atoms with Crippen molar-refractivity contribution in [2.75, 3.05) is 0 Å². The first-order valence-electron chi connectivity index (χ1n) is 3.16. The summed E-state index contributed by atoms with van der Waals surface area (Å²) in [5.41, 5.74) is 0. The van der Waals surface area contributed by atoms with Crippen molar-refractivity contribution in [3.05, 3.63) is 18.7 Å². The highest BCUT2D eigenvalue weighted by Gasteiger charge is 2.12. The van der Waals surface area contributed by atoms with Crippen LogP contribution in [-0.2, 0) is 14.6 Å². The maximum atomic E-state index is 10.1. The third kappa shape index (κ3) is 2.61. The van der Waals surface area contributed by atoms with Gasteiger partial charge in [0.1, 0.15) is 12.4 Å². The van der Waals surface area contributed by atoms with Crippen LogP contribution >= 0.6 is 0 Å². The molecule has 6 nitrogen and oxygen atoms in total. The van der Waals surface area contributed by atoms with E-state index < -0.39 is 16.6 Å². The van der Waals surface area contributed by atoms with Crippen LogP contribution in [0.5, 0.6) is 0 Å². The molecular formula is C5H8N2O4S. The number of aromatic nitrogens is 2. The molecule has 0 spiro atoms. The van der Waals surface area contributed by atoms with Gasteiger partial charge in [-0.25, -0.2) is 17.2 Å². The van der Waals surface area contributed by atoms with Gasteiger partial charge in [0.05, 0.1) is 0 Å². The van der Waals surface area contributed by atoms with Gasteiger partial charge in [-0.3, -0.25) is 4.98 Å². The number of nitrogens with zero attached hydrogens (tertiary/aromatic N) is 1. The number of rotatable bonds is 3. The van der Waals surface area contributed by atoms with E-state index in [2.05, 4.69) is 9.17 Å². The SMILES string of the molecule is CC(OS(=O)(=O)[O-])[n+]1cc[nH]c1. The first-order valence-corrected chi connectivity index (χ1v) is 4.50. The van der Waals surface area contributed by atoms with E-state index in [-0.39, 0.29) is 0 Å². The fraction of sp³-hybridized carbons (Fsp3) is 0.400. The average molecular weight is 192 g/mol. The normalized spacial score (nSPS) is 14.5. The molecule has 68 valence electrons. The highest BCUT2D eigenvalue weighted by Crippen LogP contribution is 2.00. The van der Waals surface area contributed by atoms with Crippen molar-refractivity contribution in [1.82, 2.24) is 4.98 Å². The summed E-state index contributed by atoms with van der Waals surface area (Å²) in [7, 11) is -4.63. The second kappa shape index (κ2) is 3.21. The predicted octanol–water partition coefficient (Wildman–Crippen LogP) is -0.703. The fourth-order valence-electron chi connectivity index (χ4n) is 0.748. The van der Waals surface area contributed by atoms with Crippen molar-refractivity contribution < 1.29 is 21.7 Å². The molecule has 0 amide bonds. The lowest BCUT2D eigenvalue weighted by molar-refractivity contribution is -0.749. The number of imidazole rings is 1. The van der Waals surface area contributed by atoms with Crippen molar-refractivity contribution in [3.63, 3.8) is 0 Å². The van der Waals surface area contributed by atoms with Gasteiger partial charge < -0.3 is 4.55 Å². The molecule has 1 heterocycles. The number of nitrogens with one attached hydrogen (secondary N) is 1. The van der Waals surface area contributed by atoms with Crippen LogP contribution in [0, 0.1) is 0 Å². The molecule has 0 fully saturated rings. The van der Waals surface area contributed by atoms with Crippen molar-refractivity contribution in [2.24, 2.45) is 0 Å². The summed E-state index contributed by atoms with van der Waals surface area (Å²) < 4.78 is 36.0. The van der Waals surface area contributed by atoms with E-state index in [0.717, 1.165) is 0 Å². The van der Waals surface area contributed by atoms with Crippen molar-refractivity contribution >= 4 is 10.4 Å². The minimum absolute atomic E-state index is 0.821. The van der Waals surface area contributed by atoms with Crippen molar-refractivity contribution in [2.45, 2.75) is 13.2 Å². The molecule has 1 N–H and O–H groups in total. The molecule has 1 unspecified atom stereocenters. The molecule has 0 radical (unpaired) electrons. The van der Waals surface area contributed by atoms with Gasteiger partial charge in [0.25, 0.3) is 0 Å². The molecule has 0 saturated carbocycles. The molecule has 0 aliphatic rings. The second-order valence-electron chi connectivity index (χ2n) is 2.16. The number of hydrogen-bond donors (Lipinski definition) is 1. The van der Waals surface area contributed by atoms with Crippen LogP contribution in [-0.4, -0.2) is 18.0 Å². The van der Waals surface area contributed by atoms with Crippen LogP contribution in [0.1, 0.15) is 13.2 Å². The molecule has 0 aliphatic heterocycles. The molecule has 0 saturated heterocycles. The van der Waals surface area contributed by atoms with Crippen LogP contribution in [0.2, 0.25) is 0 Å². The predicted molar refractivity (Wildman–Crippen MR) is 36.5 cm³/mol. The largest absolute Gasteiger partial charge is 0.725 e. The van der Waals surface area contributed by atoms with Crippen LogP contribution < -0.4 is 4.57 Å². The van der Waals surface area contributed by atoms with Crippen molar-refractivity contribution in [1.29, 1.82) is 0 Å². The first kappa shape index (κ1) is 9.17. The fourth-order valence-corrected chi connectivity index (χ4v) is 1.19.